The lowest BCUT2D eigenvalue weighted by Crippen LogP contribution is -2.28. The molecule has 0 heterocycles. The summed E-state index contributed by atoms with van der Waals surface area (Å²) in [5.74, 6) is 0. The third kappa shape index (κ3) is 3.42. The molecule has 0 spiro atoms. The van der Waals surface area contributed by atoms with Crippen molar-refractivity contribution in [2.75, 3.05) is 6.54 Å². The van der Waals surface area contributed by atoms with Crippen molar-refractivity contribution >= 4 is 0 Å². The molecule has 0 radical (unpaired) electrons. The third-order valence-corrected chi connectivity index (χ3v) is 1.80. The van der Waals surface area contributed by atoms with Crippen molar-refractivity contribution in [3.63, 3.8) is 0 Å². The summed E-state index contributed by atoms with van der Waals surface area (Å²) in [4.78, 5) is 2.22. The van der Waals surface area contributed by atoms with Crippen LogP contribution in [0.5, 0.6) is 0 Å². The van der Waals surface area contributed by atoms with Crippen molar-refractivity contribution in [1.82, 2.24) is 4.90 Å². The molecule has 1 heteroatoms. The number of nitrogens with zero attached hydrogens (tertiary/aromatic N) is 1. The van der Waals surface area contributed by atoms with Crippen molar-refractivity contribution in [3.8, 4) is 0 Å². The minimum Gasteiger partial charge on any atom is -0.368 e. The van der Waals surface area contributed by atoms with E-state index in [2.05, 4.69) is 31.2 Å². The summed E-state index contributed by atoms with van der Waals surface area (Å²) >= 11 is 0. The Morgan fingerprint density at radius 2 is 2.08 bits per heavy atom. The van der Waals surface area contributed by atoms with Crippen LogP contribution in [0.1, 0.15) is 20.3 Å². The van der Waals surface area contributed by atoms with E-state index in [0.717, 1.165) is 13.0 Å². The van der Waals surface area contributed by atoms with E-state index >= 15 is 0 Å². The molecule has 0 aromatic carbocycles. The van der Waals surface area contributed by atoms with Crippen molar-refractivity contribution in [2.45, 2.75) is 26.3 Å². The molecular weight excluding hydrogens is 146 g/mol. The number of hydrogen-bond acceptors (Lipinski definition) is 1. The van der Waals surface area contributed by atoms with E-state index in [4.69, 9.17) is 0 Å². The molecule has 0 aromatic rings. The fourth-order valence-corrected chi connectivity index (χ4v) is 1.18. The smallest absolute Gasteiger partial charge is 0.0465 e. The molecule has 68 valence electrons. The number of rotatable bonds is 6. The first kappa shape index (κ1) is 11.0. The van der Waals surface area contributed by atoms with Gasteiger partial charge in [-0.2, -0.15) is 0 Å². The maximum Gasteiger partial charge on any atom is 0.0465 e. The van der Waals surface area contributed by atoms with Gasteiger partial charge < -0.3 is 4.90 Å². The normalized spacial score (nSPS) is 12.8. The van der Waals surface area contributed by atoms with Gasteiger partial charge in [-0.05, 0) is 19.5 Å². The first-order chi connectivity index (χ1) is 5.79. The largest absolute Gasteiger partial charge is 0.368 e. The quantitative estimate of drug-likeness (QED) is 0.547. The highest BCUT2D eigenvalue weighted by Crippen LogP contribution is 2.05. The third-order valence-electron chi connectivity index (χ3n) is 1.80. The average molecular weight is 165 g/mol. The van der Waals surface area contributed by atoms with Crippen LogP contribution in [-0.4, -0.2) is 17.5 Å². The van der Waals surface area contributed by atoms with Gasteiger partial charge >= 0.3 is 0 Å². The van der Waals surface area contributed by atoms with E-state index in [1.165, 1.54) is 0 Å². The highest BCUT2D eigenvalue weighted by Gasteiger charge is 2.06. The molecule has 0 saturated carbocycles. The Morgan fingerprint density at radius 1 is 1.42 bits per heavy atom. The maximum absolute atomic E-state index is 3.81. The molecule has 0 aromatic heterocycles. The Bertz CT molecular complexity index is 158. The Balaban J connectivity index is 4.23. The van der Waals surface area contributed by atoms with Gasteiger partial charge in [0.15, 0.2) is 0 Å². The Hall–Kier alpha value is -0.980. The van der Waals surface area contributed by atoms with E-state index in [-0.39, 0.29) is 0 Å². The average Bonchev–Trinajstić information content (AvgIpc) is 2.07. The highest BCUT2D eigenvalue weighted by molar-refractivity contribution is 4.95. The van der Waals surface area contributed by atoms with Crippen LogP contribution < -0.4 is 0 Å². The van der Waals surface area contributed by atoms with Gasteiger partial charge in [0.25, 0.3) is 0 Å². The first-order valence-corrected chi connectivity index (χ1v) is 4.42. The molecule has 12 heavy (non-hydrogen) atoms. The van der Waals surface area contributed by atoms with Crippen LogP contribution in [-0.2, 0) is 0 Å². The lowest BCUT2D eigenvalue weighted by Gasteiger charge is -2.25. The van der Waals surface area contributed by atoms with Gasteiger partial charge in [0.05, 0.1) is 0 Å². The van der Waals surface area contributed by atoms with Gasteiger partial charge in [-0.25, -0.2) is 0 Å². The summed E-state index contributed by atoms with van der Waals surface area (Å²) in [6.07, 6.45) is 9.09. The molecule has 0 aliphatic rings. The second-order valence-electron chi connectivity index (χ2n) is 2.68. The molecule has 0 amide bonds. The van der Waals surface area contributed by atoms with Crippen molar-refractivity contribution in [2.24, 2.45) is 0 Å². The first-order valence-electron chi connectivity index (χ1n) is 4.42. The molecule has 0 N–H and O–H groups in total. The Morgan fingerprint density at radius 3 is 2.42 bits per heavy atom. The van der Waals surface area contributed by atoms with Crippen LogP contribution in [0.2, 0.25) is 0 Å². The molecule has 0 saturated heterocycles. The molecule has 0 aliphatic heterocycles. The minimum atomic E-state index is 0.430. The topological polar surface area (TPSA) is 3.24 Å². The predicted octanol–water partition coefficient (Wildman–Crippen LogP) is 2.97. The van der Waals surface area contributed by atoms with E-state index in [0.29, 0.717) is 6.04 Å². The molecule has 0 aliphatic carbocycles. The Kier molecular flexibility index (Phi) is 6.16. The molecule has 1 atom stereocenters. The van der Waals surface area contributed by atoms with Crippen molar-refractivity contribution < 1.29 is 0 Å². The van der Waals surface area contributed by atoms with Gasteiger partial charge in [-0.3, -0.25) is 0 Å². The summed E-state index contributed by atoms with van der Waals surface area (Å²) in [6, 6.07) is 0.430. The highest BCUT2D eigenvalue weighted by atomic mass is 15.1. The lowest BCUT2D eigenvalue weighted by molar-refractivity contribution is 0.343. The van der Waals surface area contributed by atoms with Crippen LogP contribution in [0.15, 0.2) is 37.6 Å². The summed E-state index contributed by atoms with van der Waals surface area (Å²) < 4.78 is 0. The minimum absolute atomic E-state index is 0.430. The summed E-state index contributed by atoms with van der Waals surface area (Å²) in [6.45, 7) is 12.6. The van der Waals surface area contributed by atoms with E-state index in [1.54, 1.807) is 0 Å². The van der Waals surface area contributed by atoms with Gasteiger partial charge in [-0.15, -0.1) is 13.2 Å². The van der Waals surface area contributed by atoms with Crippen molar-refractivity contribution in [1.29, 1.82) is 0 Å². The van der Waals surface area contributed by atoms with Gasteiger partial charge in [-0.1, -0.05) is 25.2 Å². The van der Waals surface area contributed by atoms with E-state index in [9.17, 15) is 0 Å². The zero-order chi connectivity index (χ0) is 9.40. The second kappa shape index (κ2) is 6.71. The van der Waals surface area contributed by atoms with Gasteiger partial charge in [0.2, 0.25) is 0 Å². The fourth-order valence-electron chi connectivity index (χ4n) is 1.18. The summed E-state index contributed by atoms with van der Waals surface area (Å²) in [7, 11) is 0. The zero-order valence-electron chi connectivity index (χ0n) is 8.16. The predicted molar refractivity (Wildman–Crippen MR) is 56.0 cm³/mol. The second-order valence-corrected chi connectivity index (χ2v) is 2.68. The lowest BCUT2D eigenvalue weighted by atomic mass is 10.2. The van der Waals surface area contributed by atoms with Crippen LogP contribution in [0.4, 0.5) is 0 Å². The molecule has 0 rings (SSSR count). The fraction of sp³-hybridized carbons (Fsp3) is 0.455. The van der Waals surface area contributed by atoms with Crippen LogP contribution in [0.3, 0.4) is 0 Å². The van der Waals surface area contributed by atoms with Crippen molar-refractivity contribution in [3.05, 3.63) is 37.6 Å². The SMILES string of the molecule is C=CCN(/C=C/C)C(C=C)CC. The molecule has 0 fully saturated rings. The van der Waals surface area contributed by atoms with Gasteiger partial charge in [0.1, 0.15) is 0 Å². The Labute approximate surface area is 76.1 Å². The van der Waals surface area contributed by atoms with Gasteiger partial charge in [0, 0.05) is 12.6 Å². The number of allylic oxidation sites excluding steroid dienone is 1. The van der Waals surface area contributed by atoms with Crippen LogP contribution in [0.25, 0.3) is 0 Å². The monoisotopic (exact) mass is 165 g/mol. The molecule has 1 nitrogen and oxygen atoms in total. The molecule has 0 bridgehead atoms. The van der Waals surface area contributed by atoms with Crippen LogP contribution in [0, 0.1) is 0 Å². The van der Waals surface area contributed by atoms with E-state index in [1.807, 2.05) is 25.2 Å². The molecular formula is C11H19N. The zero-order valence-corrected chi connectivity index (χ0v) is 8.16. The standard InChI is InChI=1S/C11H19N/c1-5-9-12(10-6-2)11(7-3)8-4/h5-7,10-11H,1,3,8-9H2,2,4H3/b10-6+. The number of hydrogen-bond donors (Lipinski definition) is 0. The maximum atomic E-state index is 3.81. The van der Waals surface area contributed by atoms with Crippen LogP contribution >= 0.6 is 0 Å². The molecule has 1 unspecified atom stereocenters. The summed E-state index contributed by atoms with van der Waals surface area (Å²) in [5.41, 5.74) is 0. The summed E-state index contributed by atoms with van der Waals surface area (Å²) in [5, 5.41) is 0. The van der Waals surface area contributed by atoms with E-state index < -0.39 is 0 Å².